The van der Waals surface area contributed by atoms with Crippen LogP contribution in [-0.2, 0) is 14.3 Å². The van der Waals surface area contributed by atoms with E-state index < -0.39 is 18.1 Å². The molecule has 5 nitrogen and oxygen atoms in total. The summed E-state index contributed by atoms with van der Waals surface area (Å²) in [7, 11) is 0. The van der Waals surface area contributed by atoms with E-state index in [9.17, 15) is 19.8 Å². The third-order valence-corrected chi connectivity index (χ3v) is 11.8. The number of ketones is 2. The molecular formula is C47H90O5S. The number of unbranched alkanes of at least 4 members (excludes halogenated alkanes) is 31. The van der Waals surface area contributed by atoms with Crippen LogP contribution >= 0.6 is 12.2 Å². The van der Waals surface area contributed by atoms with Crippen LogP contribution in [0.3, 0.4) is 0 Å². The van der Waals surface area contributed by atoms with Crippen molar-refractivity contribution in [2.75, 3.05) is 13.2 Å². The predicted octanol–water partition coefficient (Wildman–Crippen LogP) is 14.3. The average molecular weight is 767 g/mol. The fourth-order valence-electron chi connectivity index (χ4n) is 7.67. The first kappa shape index (κ1) is 52.2. The molecule has 2 N–H and O–H groups in total. The molecule has 0 spiro atoms. The van der Waals surface area contributed by atoms with Gasteiger partial charge in [-0.2, -0.15) is 0 Å². The molecule has 0 radical (unpaired) electrons. The fraction of sp³-hybridized carbons (Fsp3) is 0.936. The van der Waals surface area contributed by atoms with Crippen LogP contribution in [0.25, 0.3) is 0 Å². The van der Waals surface area contributed by atoms with Gasteiger partial charge in [0.15, 0.2) is 22.0 Å². The van der Waals surface area contributed by atoms with Crippen LogP contribution in [0.15, 0.2) is 0 Å². The average Bonchev–Trinajstić information content (AvgIpc) is 3.16. The Kier molecular flexibility index (Phi) is 38.8. The lowest BCUT2D eigenvalue weighted by Gasteiger charge is -2.32. The number of aliphatic hydroxyl groups excluding tert-OH is 2. The Morgan fingerprint density at radius 1 is 0.472 bits per heavy atom. The third kappa shape index (κ3) is 29.1. The largest absolute Gasteiger partial charge is 0.483 e. The molecule has 1 atom stereocenters. The van der Waals surface area contributed by atoms with Gasteiger partial charge in [0.25, 0.3) is 0 Å². The van der Waals surface area contributed by atoms with Crippen molar-refractivity contribution >= 4 is 28.8 Å². The summed E-state index contributed by atoms with van der Waals surface area (Å²) < 4.78 is 5.85. The molecular weight excluding hydrogens is 677 g/mol. The zero-order valence-electron chi connectivity index (χ0n) is 35.7. The molecule has 0 saturated carbocycles. The number of ether oxygens (including phenoxy) is 1. The van der Waals surface area contributed by atoms with Gasteiger partial charge >= 0.3 is 0 Å². The van der Waals surface area contributed by atoms with Crippen LogP contribution in [0.1, 0.15) is 258 Å². The van der Waals surface area contributed by atoms with Crippen molar-refractivity contribution in [2.24, 2.45) is 5.41 Å². The molecule has 0 aromatic heterocycles. The van der Waals surface area contributed by atoms with Gasteiger partial charge in [0.1, 0.15) is 12.7 Å². The maximum Gasteiger partial charge on any atom is 0.180 e. The topological polar surface area (TPSA) is 83.8 Å². The summed E-state index contributed by atoms with van der Waals surface area (Å²) in [6.45, 7) is 6.12. The quantitative estimate of drug-likeness (QED) is 0.0365. The Labute approximate surface area is 335 Å². The van der Waals surface area contributed by atoms with Crippen LogP contribution in [0.4, 0.5) is 0 Å². The van der Waals surface area contributed by atoms with E-state index in [0.29, 0.717) is 19.3 Å². The molecule has 0 saturated heterocycles. The first-order valence-corrected chi connectivity index (χ1v) is 23.8. The van der Waals surface area contributed by atoms with Gasteiger partial charge < -0.3 is 14.9 Å². The Hall–Kier alpha value is -0.850. The first-order valence-electron chi connectivity index (χ1n) is 23.4. The molecule has 314 valence electrons. The van der Waals surface area contributed by atoms with E-state index in [-0.39, 0.29) is 23.2 Å². The molecule has 0 heterocycles. The standard InChI is InChI=1S/C47H90O5S/c1-4-7-10-13-16-19-22-25-28-31-34-37-40-47(46(53)52-42-43(49)41-48,44(50)38-35-32-29-26-23-20-17-14-11-8-5-2)45(51)39-36-33-30-27-24-21-18-15-12-9-6-3/h43,48-49H,4-42H2,1-3H3. The predicted molar refractivity (Wildman–Crippen MR) is 232 cm³/mol. The van der Waals surface area contributed by atoms with Gasteiger partial charge in [-0.05, 0) is 31.5 Å². The summed E-state index contributed by atoms with van der Waals surface area (Å²) in [6.07, 6.45) is 41.0. The van der Waals surface area contributed by atoms with Crippen molar-refractivity contribution in [1.82, 2.24) is 0 Å². The molecule has 0 amide bonds. The maximum atomic E-state index is 14.3. The highest BCUT2D eigenvalue weighted by molar-refractivity contribution is 7.80. The summed E-state index contributed by atoms with van der Waals surface area (Å²) in [4.78, 5) is 28.5. The van der Waals surface area contributed by atoms with Gasteiger partial charge in [-0.25, -0.2) is 0 Å². The zero-order valence-corrected chi connectivity index (χ0v) is 36.5. The zero-order chi connectivity index (χ0) is 39.1. The minimum Gasteiger partial charge on any atom is -0.483 e. The van der Waals surface area contributed by atoms with Crippen LogP contribution in [0.2, 0.25) is 0 Å². The van der Waals surface area contributed by atoms with E-state index in [2.05, 4.69) is 20.8 Å². The van der Waals surface area contributed by atoms with Crippen molar-refractivity contribution in [1.29, 1.82) is 0 Å². The monoisotopic (exact) mass is 767 g/mol. The Morgan fingerprint density at radius 2 is 0.736 bits per heavy atom. The van der Waals surface area contributed by atoms with Gasteiger partial charge in [-0.3, -0.25) is 9.59 Å². The minimum atomic E-state index is -1.43. The number of carbonyl (C=O) groups excluding carboxylic acids is 2. The van der Waals surface area contributed by atoms with E-state index in [1.165, 1.54) is 161 Å². The van der Waals surface area contributed by atoms with Gasteiger partial charge in [-0.1, -0.05) is 226 Å². The van der Waals surface area contributed by atoms with Gasteiger partial charge in [0.05, 0.1) is 6.61 Å². The van der Waals surface area contributed by atoms with Crippen molar-refractivity contribution in [2.45, 2.75) is 264 Å². The number of rotatable bonds is 43. The molecule has 0 aromatic rings. The number of Topliss-reactive ketones (excluding diaryl/α,β-unsaturated/α-hetero) is 2. The molecule has 0 aliphatic carbocycles. The van der Waals surface area contributed by atoms with E-state index in [0.717, 1.165) is 57.8 Å². The Balaban J connectivity index is 5.25. The summed E-state index contributed by atoms with van der Waals surface area (Å²) in [6, 6.07) is 0. The molecule has 53 heavy (non-hydrogen) atoms. The number of hydrogen-bond acceptors (Lipinski definition) is 6. The highest BCUT2D eigenvalue weighted by Crippen LogP contribution is 2.35. The molecule has 0 bridgehead atoms. The number of carbonyl (C=O) groups is 2. The van der Waals surface area contributed by atoms with Crippen LogP contribution < -0.4 is 0 Å². The van der Waals surface area contributed by atoms with E-state index in [4.69, 9.17) is 17.0 Å². The van der Waals surface area contributed by atoms with E-state index in [1.807, 2.05) is 0 Å². The van der Waals surface area contributed by atoms with Crippen molar-refractivity contribution in [3.05, 3.63) is 0 Å². The Morgan fingerprint density at radius 3 is 1.02 bits per heavy atom. The van der Waals surface area contributed by atoms with Crippen LogP contribution in [0, 0.1) is 5.41 Å². The number of aliphatic hydroxyl groups is 2. The second-order valence-corrected chi connectivity index (χ2v) is 16.8. The van der Waals surface area contributed by atoms with Crippen molar-refractivity contribution < 1.29 is 24.5 Å². The normalized spacial score (nSPS) is 12.3. The first-order chi connectivity index (χ1) is 25.9. The van der Waals surface area contributed by atoms with Crippen molar-refractivity contribution in [3.8, 4) is 0 Å². The lowest BCUT2D eigenvalue weighted by atomic mass is 9.72. The minimum absolute atomic E-state index is 0.0224. The lowest BCUT2D eigenvalue weighted by Crippen LogP contribution is -2.47. The number of thiocarbonyl (C=S) groups is 1. The highest BCUT2D eigenvalue weighted by atomic mass is 32.1. The van der Waals surface area contributed by atoms with Crippen LogP contribution in [-0.4, -0.2) is 46.1 Å². The van der Waals surface area contributed by atoms with E-state index >= 15 is 0 Å². The van der Waals surface area contributed by atoms with E-state index in [1.54, 1.807) is 0 Å². The second kappa shape index (κ2) is 39.4. The van der Waals surface area contributed by atoms with Crippen molar-refractivity contribution in [3.63, 3.8) is 0 Å². The smallest absolute Gasteiger partial charge is 0.180 e. The summed E-state index contributed by atoms with van der Waals surface area (Å²) in [5.41, 5.74) is -1.43. The summed E-state index contributed by atoms with van der Waals surface area (Å²) in [5, 5.41) is 19.5. The molecule has 0 fully saturated rings. The molecule has 0 rings (SSSR count). The van der Waals surface area contributed by atoms with Gasteiger partial charge in [0.2, 0.25) is 0 Å². The SMILES string of the molecule is CCCCCCCCCCCCCCC(C(=O)CCCCCCCCCCCCC)(C(=O)CCCCCCCCCCCCC)C(=S)OCC(O)CO. The lowest BCUT2D eigenvalue weighted by molar-refractivity contribution is -0.138. The van der Waals surface area contributed by atoms with Gasteiger partial charge in [-0.15, -0.1) is 0 Å². The third-order valence-electron chi connectivity index (χ3n) is 11.3. The second-order valence-electron chi connectivity index (χ2n) is 16.4. The maximum absolute atomic E-state index is 14.3. The molecule has 0 aliphatic rings. The molecule has 1 unspecified atom stereocenters. The highest BCUT2D eigenvalue weighted by Gasteiger charge is 2.48. The molecule has 0 aromatic carbocycles. The van der Waals surface area contributed by atoms with Crippen LogP contribution in [0.5, 0.6) is 0 Å². The fourth-order valence-corrected chi connectivity index (χ4v) is 8.07. The summed E-state index contributed by atoms with van der Waals surface area (Å²) >= 11 is 5.81. The summed E-state index contributed by atoms with van der Waals surface area (Å²) in [5.74, 6) is -0.180. The number of hydrogen-bond donors (Lipinski definition) is 2. The van der Waals surface area contributed by atoms with Gasteiger partial charge in [0, 0.05) is 12.8 Å². The molecule has 0 aliphatic heterocycles. The Bertz CT molecular complexity index is 792. The molecule has 6 heteroatoms.